The van der Waals surface area contributed by atoms with E-state index in [1.165, 1.54) is 17.3 Å². The van der Waals surface area contributed by atoms with Gasteiger partial charge in [0.15, 0.2) is 0 Å². The van der Waals surface area contributed by atoms with Crippen molar-refractivity contribution in [1.29, 1.82) is 0 Å². The Labute approximate surface area is 105 Å². The van der Waals surface area contributed by atoms with Crippen LogP contribution in [0.1, 0.15) is 6.92 Å². The molecule has 0 fully saturated rings. The Kier molecular flexibility index (Phi) is 5.91. The Morgan fingerprint density at radius 3 is 2.41 bits per heavy atom. The molecule has 0 aliphatic rings. The van der Waals surface area contributed by atoms with Crippen molar-refractivity contribution in [3.05, 3.63) is 58.4 Å². The molecule has 0 bridgehead atoms. The Morgan fingerprint density at radius 2 is 2.06 bits per heavy atom. The molecule has 0 aliphatic heterocycles. The van der Waals surface area contributed by atoms with E-state index in [1.807, 2.05) is 0 Å². The van der Waals surface area contributed by atoms with E-state index in [4.69, 9.17) is 11.6 Å². The minimum Gasteiger partial charge on any atom is -0.276 e. The Hall–Kier alpha value is -1.88. The average Bonchev–Trinajstić information content (AvgIpc) is 2.23. The highest BCUT2D eigenvalue weighted by Gasteiger charge is 2.14. The van der Waals surface area contributed by atoms with Gasteiger partial charge in [0, 0.05) is 19.3 Å². The lowest BCUT2D eigenvalue weighted by molar-refractivity contribution is -0.419. The van der Waals surface area contributed by atoms with Gasteiger partial charge in [-0.2, -0.15) is 5.10 Å². The highest BCUT2D eigenvalue weighted by Crippen LogP contribution is 2.15. The minimum absolute atomic E-state index is 0.152. The van der Waals surface area contributed by atoms with Crippen LogP contribution in [0.3, 0.4) is 0 Å². The molecule has 0 amide bonds. The quantitative estimate of drug-likeness (QED) is 0.317. The predicted molar refractivity (Wildman–Crippen MR) is 70.3 cm³/mol. The number of rotatable bonds is 6. The maximum Gasteiger partial charge on any atom is 0.287 e. The summed E-state index contributed by atoms with van der Waals surface area (Å²) in [5.41, 5.74) is 0.601. The smallest absolute Gasteiger partial charge is 0.276 e. The molecule has 5 nitrogen and oxygen atoms in total. The third-order valence-electron chi connectivity index (χ3n) is 1.82. The van der Waals surface area contributed by atoms with E-state index >= 15 is 0 Å². The van der Waals surface area contributed by atoms with E-state index in [1.54, 1.807) is 14.0 Å². The van der Waals surface area contributed by atoms with Crippen LogP contribution in [0.4, 0.5) is 0 Å². The molecule has 0 aromatic carbocycles. The van der Waals surface area contributed by atoms with Crippen molar-refractivity contribution >= 4 is 17.3 Å². The maximum atomic E-state index is 10.7. The van der Waals surface area contributed by atoms with Gasteiger partial charge in [-0.3, -0.25) is 15.1 Å². The van der Waals surface area contributed by atoms with Crippen molar-refractivity contribution in [2.45, 2.75) is 6.92 Å². The van der Waals surface area contributed by atoms with Gasteiger partial charge in [-0.15, -0.1) is 0 Å². The number of nitrogens with zero attached hydrogens (tertiary/aromatic N) is 3. The van der Waals surface area contributed by atoms with Crippen LogP contribution in [-0.2, 0) is 0 Å². The molecule has 92 valence electrons. The Bertz CT molecular complexity index is 408. The van der Waals surface area contributed by atoms with Crippen LogP contribution >= 0.6 is 11.6 Å². The van der Waals surface area contributed by atoms with Gasteiger partial charge in [-0.1, -0.05) is 31.3 Å². The van der Waals surface area contributed by atoms with Crippen LogP contribution in [0, 0.1) is 10.1 Å². The molecular formula is C11H14ClN3O2. The van der Waals surface area contributed by atoms with Crippen molar-refractivity contribution in [3.8, 4) is 0 Å². The molecular weight excluding hydrogens is 242 g/mol. The fraction of sp³-hybridized carbons (Fsp3) is 0.182. The molecule has 0 heterocycles. The lowest BCUT2D eigenvalue weighted by Crippen LogP contribution is -2.07. The van der Waals surface area contributed by atoms with Crippen LogP contribution in [0.15, 0.2) is 53.4 Å². The van der Waals surface area contributed by atoms with E-state index in [-0.39, 0.29) is 10.7 Å². The number of hydrogen-bond donors (Lipinski definition) is 0. The molecule has 6 heteroatoms. The van der Waals surface area contributed by atoms with E-state index in [9.17, 15) is 10.1 Å². The highest BCUT2D eigenvalue weighted by atomic mass is 35.5. The number of hydrogen-bond acceptors (Lipinski definition) is 4. The summed E-state index contributed by atoms with van der Waals surface area (Å²) in [4.78, 5) is 10.0. The molecule has 17 heavy (non-hydrogen) atoms. The monoisotopic (exact) mass is 255 g/mol. The maximum absolute atomic E-state index is 10.7. The fourth-order valence-corrected chi connectivity index (χ4v) is 0.965. The SMILES string of the molecule is C=CN(C)/N=C(\C)C(=C)/C=C(\C(=C)Cl)[N+](=O)[O-]. The number of hydrazone groups is 1. The molecule has 0 aromatic heterocycles. The zero-order chi connectivity index (χ0) is 13.6. The van der Waals surface area contributed by atoms with Crippen molar-refractivity contribution in [1.82, 2.24) is 5.01 Å². The molecule has 0 unspecified atom stereocenters. The average molecular weight is 256 g/mol. The normalized spacial score (nSPS) is 11.9. The molecule has 0 atom stereocenters. The predicted octanol–water partition coefficient (Wildman–Crippen LogP) is 2.91. The van der Waals surface area contributed by atoms with Gasteiger partial charge >= 0.3 is 0 Å². The van der Waals surface area contributed by atoms with Crippen LogP contribution < -0.4 is 0 Å². The largest absolute Gasteiger partial charge is 0.287 e. The van der Waals surface area contributed by atoms with Gasteiger partial charge in [-0.25, -0.2) is 0 Å². The number of allylic oxidation sites excluding steroid dienone is 3. The third kappa shape index (κ3) is 5.12. The van der Waals surface area contributed by atoms with E-state index in [0.717, 1.165) is 0 Å². The Balaban J connectivity index is 5.13. The van der Waals surface area contributed by atoms with Crippen molar-refractivity contribution < 1.29 is 4.92 Å². The first-order valence-corrected chi connectivity index (χ1v) is 4.98. The van der Waals surface area contributed by atoms with Crippen molar-refractivity contribution in [3.63, 3.8) is 0 Å². The van der Waals surface area contributed by atoms with Crippen LogP contribution in [0.5, 0.6) is 0 Å². The third-order valence-corrected chi connectivity index (χ3v) is 2.02. The summed E-state index contributed by atoms with van der Waals surface area (Å²) >= 11 is 5.51. The lowest BCUT2D eigenvalue weighted by atomic mass is 10.1. The second-order valence-corrected chi connectivity index (χ2v) is 3.61. The molecule has 0 radical (unpaired) electrons. The van der Waals surface area contributed by atoms with Gasteiger partial charge < -0.3 is 0 Å². The first kappa shape index (κ1) is 15.1. The van der Waals surface area contributed by atoms with Crippen molar-refractivity contribution in [2.75, 3.05) is 7.05 Å². The summed E-state index contributed by atoms with van der Waals surface area (Å²) in [6.07, 6.45) is 2.72. The molecule has 0 rings (SSSR count). The lowest BCUT2D eigenvalue weighted by Gasteiger charge is -2.08. The number of halogens is 1. The van der Waals surface area contributed by atoms with Crippen LogP contribution in [0.2, 0.25) is 0 Å². The van der Waals surface area contributed by atoms with Gasteiger partial charge in [0.2, 0.25) is 0 Å². The molecule has 0 aromatic rings. The standard InChI is InChI=1S/C11H14ClN3O2/c1-6-14(5)13-10(4)8(2)7-11(9(3)12)15(16)17/h6-7H,1-3H2,4-5H3/b11-7+,13-10+. The molecule has 0 aliphatic carbocycles. The van der Waals surface area contributed by atoms with Crippen LogP contribution in [-0.4, -0.2) is 22.7 Å². The Morgan fingerprint density at radius 1 is 1.53 bits per heavy atom. The van der Waals surface area contributed by atoms with E-state index in [0.29, 0.717) is 11.3 Å². The molecule has 0 saturated heterocycles. The topological polar surface area (TPSA) is 58.7 Å². The first-order chi connectivity index (χ1) is 7.79. The minimum atomic E-state index is -0.620. The molecule has 0 spiro atoms. The van der Waals surface area contributed by atoms with Gasteiger partial charge in [0.05, 0.1) is 10.6 Å². The second-order valence-electron chi connectivity index (χ2n) is 3.16. The summed E-state index contributed by atoms with van der Waals surface area (Å²) in [5, 5.41) is 16.0. The second kappa shape index (κ2) is 6.65. The summed E-state index contributed by atoms with van der Waals surface area (Å²) in [7, 11) is 1.68. The molecule has 0 N–H and O–H groups in total. The van der Waals surface area contributed by atoms with Gasteiger partial charge in [-0.05, 0) is 12.5 Å². The first-order valence-electron chi connectivity index (χ1n) is 4.60. The fourth-order valence-electron chi connectivity index (χ4n) is 0.841. The van der Waals surface area contributed by atoms with Gasteiger partial charge in [0.1, 0.15) is 5.03 Å². The summed E-state index contributed by atoms with van der Waals surface area (Å²) in [6.45, 7) is 12.2. The number of nitro groups is 1. The van der Waals surface area contributed by atoms with E-state index in [2.05, 4.69) is 24.8 Å². The zero-order valence-corrected chi connectivity index (χ0v) is 10.6. The van der Waals surface area contributed by atoms with Crippen molar-refractivity contribution in [2.24, 2.45) is 5.10 Å². The summed E-state index contributed by atoms with van der Waals surface area (Å²) in [5.74, 6) is 0. The summed E-state index contributed by atoms with van der Waals surface area (Å²) in [6, 6.07) is 0. The van der Waals surface area contributed by atoms with Gasteiger partial charge in [0.25, 0.3) is 5.70 Å². The summed E-state index contributed by atoms with van der Waals surface area (Å²) < 4.78 is 0. The zero-order valence-electron chi connectivity index (χ0n) is 9.81. The van der Waals surface area contributed by atoms with Crippen LogP contribution in [0.25, 0.3) is 0 Å². The highest BCUT2D eigenvalue weighted by molar-refractivity contribution is 6.31. The van der Waals surface area contributed by atoms with E-state index < -0.39 is 4.92 Å². The molecule has 0 saturated carbocycles.